The van der Waals surface area contributed by atoms with E-state index < -0.39 is 0 Å². The Morgan fingerprint density at radius 2 is 1.50 bits per heavy atom. The van der Waals surface area contributed by atoms with E-state index in [9.17, 15) is 0 Å². The number of benzene rings is 1. The summed E-state index contributed by atoms with van der Waals surface area (Å²) in [5.74, 6) is 0. The van der Waals surface area contributed by atoms with Crippen LogP contribution in [0.25, 0.3) is 11.3 Å². The van der Waals surface area contributed by atoms with Crippen molar-refractivity contribution in [3.63, 3.8) is 0 Å². The average Bonchev–Trinajstić information content (AvgIpc) is 2.34. The maximum atomic E-state index is 4.38. The van der Waals surface area contributed by atoms with Crippen molar-refractivity contribution < 1.29 is 0 Å². The van der Waals surface area contributed by atoms with E-state index in [1.54, 1.807) is 0 Å². The highest BCUT2D eigenvalue weighted by atomic mass is 14.7. The van der Waals surface area contributed by atoms with Crippen LogP contribution in [0.5, 0.6) is 0 Å². The van der Waals surface area contributed by atoms with Crippen molar-refractivity contribution >= 4 is 0 Å². The first-order valence-electron chi connectivity index (χ1n) is 5.76. The summed E-state index contributed by atoms with van der Waals surface area (Å²) in [5.41, 5.74) is 4.76. The first kappa shape index (κ1) is 12.4. The van der Waals surface area contributed by atoms with Crippen LogP contribution in [-0.4, -0.2) is 4.98 Å². The molecule has 84 valence electrons. The van der Waals surface area contributed by atoms with E-state index in [0.29, 0.717) is 0 Å². The molecule has 1 nitrogen and oxygen atoms in total. The molecule has 1 aromatic carbocycles. The smallest absolute Gasteiger partial charge is 0.0731 e. The maximum absolute atomic E-state index is 4.38. The Balaban J connectivity index is 0.000000606. The number of hydrogen-bond donors (Lipinski definition) is 0. The standard InChI is InChI=1S/C13H13N.C2H6/c1-10-5-7-12(8-6-10)13-11(2)4-3-9-14-13;1-2/h3-9H,1-2H3;1-2H3. The zero-order chi connectivity index (χ0) is 12.0. The van der Waals surface area contributed by atoms with E-state index in [1.165, 1.54) is 16.7 Å². The monoisotopic (exact) mass is 213 g/mol. The molecule has 2 aromatic rings. The van der Waals surface area contributed by atoms with Gasteiger partial charge in [-0.3, -0.25) is 4.98 Å². The minimum Gasteiger partial charge on any atom is -0.256 e. The van der Waals surface area contributed by atoms with Crippen LogP contribution in [0.15, 0.2) is 42.6 Å². The second-order valence-electron chi connectivity index (χ2n) is 3.53. The Morgan fingerprint density at radius 3 is 2.06 bits per heavy atom. The molecule has 0 radical (unpaired) electrons. The summed E-state index contributed by atoms with van der Waals surface area (Å²) >= 11 is 0. The largest absolute Gasteiger partial charge is 0.256 e. The molecule has 0 amide bonds. The molecule has 0 aliphatic carbocycles. The predicted octanol–water partition coefficient (Wildman–Crippen LogP) is 4.39. The summed E-state index contributed by atoms with van der Waals surface area (Å²) in [7, 11) is 0. The number of aryl methyl sites for hydroxylation is 2. The molecule has 0 aliphatic heterocycles. The third-order valence-electron chi connectivity index (χ3n) is 2.33. The van der Waals surface area contributed by atoms with Crippen molar-refractivity contribution in [2.45, 2.75) is 27.7 Å². The van der Waals surface area contributed by atoms with Crippen LogP contribution >= 0.6 is 0 Å². The number of pyridine rings is 1. The lowest BCUT2D eigenvalue weighted by Crippen LogP contribution is -1.86. The van der Waals surface area contributed by atoms with Gasteiger partial charge in [0.1, 0.15) is 0 Å². The summed E-state index contributed by atoms with van der Waals surface area (Å²) in [5, 5.41) is 0. The van der Waals surface area contributed by atoms with Crippen molar-refractivity contribution in [1.29, 1.82) is 0 Å². The van der Waals surface area contributed by atoms with Gasteiger partial charge in [0.05, 0.1) is 5.69 Å². The number of aromatic nitrogens is 1. The molecule has 1 heteroatoms. The molecule has 0 atom stereocenters. The summed E-state index contributed by atoms with van der Waals surface area (Å²) in [6.07, 6.45) is 1.84. The van der Waals surface area contributed by atoms with Gasteiger partial charge < -0.3 is 0 Å². The van der Waals surface area contributed by atoms with Gasteiger partial charge in [0.15, 0.2) is 0 Å². The fourth-order valence-corrected chi connectivity index (χ4v) is 1.50. The van der Waals surface area contributed by atoms with Gasteiger partial charge in [0, 0.05) is 11.8 Å². The molecular weight excluding hydrogens is 194 g/mol. The summed E-state index contributed by atoms with van der Waals surface area (Å²) in [4.78, 5) is 4.38. The SMILES string of the molecule is CC.Cc1ccc(-c2ncccc2C)cc1. The van der Waals surface area contributed by atoms with E-state index in [-0.39, 0.29) is 0 Å². The van der Waals surface area contributed by atoms with Crippen LogP contribution in [0, 0.1) is 13.8 Å². The zero-order valence-electron chi connectivity index (χ0n) is 10.5. The molecule has 0 bridgehead atoms. The van der Waals surface area contributed by atoms with Crippen molar-refractivity contribution in [1.82, 2.24) is 4.98 Å². The van der Waals surface area contributed by atoms with E-state index in [2.05, 4.69) is 49.2 Å². The van der Waals surface area contributed by atoms with Gasteiger partial charge in [-0.25, -0.2) is 0 Å². The first-order valence-corrected chi connectivity index (χ1v) is 5.76. The molecule has 0 unspecified atom stereocenters. The normalized spacial score (nSPS) is 9.25. The minimum atomic E-state index is 1.08. The average molecular weight is 213 g/mol. The fourth-order valence-electron chi connectivity index (χ4n) is 1.50. The first-order chi connectivity index (χ1) is 7.77. The van der Waals surface area contributed by atoms with Crippen LogP contribution in [-0.2, 0) is 0 Å². The van der Waals surface area contributed by atoms with E-state index in [4.69, 9.17) is 0 Å². The molecule has 1 heterocycles. The van der Waals surface area contributed by atoms with Crippen LogP contribution in [0.4, 0.5) is 0 Å². The molecule has 0 aliphatic rings. The Bertz CT molecular complexity index is 429. The fraction of sp³-hybridized carbons (Fsp3) is 0.267. The van der Waals surface area contributed by atoms with E-state index in [1.807, 2.05) is 26.1 Å². The number of rotatable bonds is 1. The molecule has 2 rings (SSSR count). The molecule has 16 heavy (non-hydrogen) atoms. The Labute approximate surface area is 98.2 Å². The van der Waals surface area contributed by atoms with E-state index >= 15 is 0 Å². The highest BCUT2D eigenvalue weighted by Crippen LogP contribution is 2.20. The van der Waals surface area contributed by atoms with Crippen LogP contribution in [0.1, 0.15) is 25.0 Å². The molecular formula is C15H19N. The lowest BCUT2D eigenvalue weighted by atomic mass is 10.1. The van der Waals surface area contributed by atoms with E-state index in [0.717, 1.165) is 5.69 Å². The van der Waals surface area contributed by atoms with Crippen molar-refractivity contribution in [2.75, 3.05) is 0 Å². The third kappa shape index (κ3) is 2.93. The Hall–Kier alpha value is -1.63. The molecule has 0 fully saturated rings. The summed E-state index contributed by atoms with van der Waals surface area (Å²) in [6, 6.07) is 12.5. The number of hydrogen-bond acceptors (Lipinski definition) is 1. The van der Waals surface area contributed by atoms with Gasteiger partial charge in [-0.2, -0.15) is 0 Å². The number of nitrogens with zero attached hydrogens (tertiary/aromatic N) is 1. The molecule has 0 saturated carbocycles. The third-order valence-corrected chi connectivity index (χ3v) is 2.33. The van der Waals surface area contributed by atoms with Gasteiger partial charge in [0.25, 0.3) is 0 Å². The zero-order valence-corrected chi connectivity index (χ0v) is 10.5. The van der Waals surface area contributed by atoms with Crippen molar-refractivity contribution in [3.05, 3.63) is 53.7 Å². The second-order valence-corrected chi connectivity index (χ2v) is 3.53. The van der Waals surface area contributed by atoms with Gasteiger partial charge >= 0.3 is 0 Å². The highest BCUT2D eigenvalue weighted by molar-refractivity contribution is 5.62. The molecule has 0 N–H and O–H groups in total. The van der Waals surface area contributed by atoms with Crippen molar-refractivity contribution in [3.8, 4) is 11.3 Å². The van der Waals surface area contributed by atoms with Gasteiger partial charge in [-0.15, -0.1) is 0 Å². The van der Waals surface area contributed by atoms with Crippen molar-refractivity contribution in [2.24, 2.45) is 0 Å². The van der Waals surface area contributed by atoms with Crippen LogP contribution in [0.2, 0.25) is 0 Å². The Morgan fingerprint density at radius 1 is 0.875 bits per heavy atom. The lowest BCUT2D eigenvalue weighted by Gasteiger charge is -2.04. The van der Waals surface area contributed by atoms with Gasteiger partial charge in [-0.05, 0) is 25.5 Å². The molecule has 0 spiro atoms. The maximum Gasteiger partial charge on any atom is 0.0731 e. The quantitative estimate of drug-likeness (QED) is 0.684. The Kier molecular flexibility index (Phi) is 4.71. The summed E-state index contributed by atoms with van der Waals surface area (Å²) in [6.45, 7) is 8.18. The minimum absolute atomic E-state index is 1.08. The van der Waals surface area contributed by atoms with Gasteiger partial charge in [0.2, 0.25) is 0 Å². The topological polar surface area (TPSA) is 12.9 Å². The second kappa shape index (κ2) is 6.06. The molecule has 1 aromatic heterocycles. The highest BCUT2D eigenvalue weighted by Gasteiger charge is 2.00. The van der Waals surface area contributed by atoms with Crippen LogP contribution < -0.4 is 0 Å². The lowest BCUT2D eigenvalue weighted by molar-refractivity contribution is 1.27. The van der Waals surface area contributed by atoms with Gasteiger partial charge in [-0.1, -0.05) is 49.7 Å². The predicted molar refractivity (Wildman–Crippen MR) is 70.5 cm³/mol. The molecule has 0 saturated heterocycles. The summed E-state index contributed by atoms with van der Waals surface area (Å²) < 4.78 is 0. The van der Waals surface area contributed by atoms with Crippen LogP contribution in [0.3, 0.4) is 0 Å².